The highest BCUT2D eigenvalue weighted by molar-refractivity contribution is 6.05. The minimum Gasteiger partial charge on any atom is -0.460 e. The number of carbonyl (C=O) groups excluding carboxylic acids is 5. The summed E-state index contributed by atoms with van der Waals surface area (Å²) in [6.07, 6.45) is -0.0247. The molecular weight excluding hydrogens is 508 g/mol. The zero-order chi connectivity index (χ0) is 28.2. The van der Waals surface area contributed by atoms with E-state index in [-0.39, 0.29) is 18.8 Å². The lowest BCUT2D eigenvalue weighted by molar-refractivity contribution is -0.165. The number of hydrogen-bond acceptors (Lipinski definition) is 9. The number of esters is 2. The topological polar surface area (TPSA) is 129 Å². The van der Waals surface area contributed by atoms with E-state index in [0.717, 1.165) is 4.90 Å². The zero-order valence-corrected chi connectivity index (χ0v) is 22.2. The Balaban J connectivity index is 1.67. The molecule has 11 nitrogen and oxygen atoms in total. The lowest BCUT2D eigenvalue weighted by atomic mass is 9.83. The number of piperazine rings is 1. The van der Waals surface area contributed by atoms with Gasteiger partial charge in [0, 0.05) is 50.8 Å². The monoisotopic (exact) mass is 536 g/mol. The predicted octanol–water partition coefficient (Wildman–Crippen LogP) is 2.47. The molecule has 0 aliphatic carbocycles. The van der Waals surface area contributed by atoms with Gasteiger partial charge >= 0.3 is 11.9 Å². The van der Waals surface area contributed by atoms with Crippen LogP contribution in [0.15, 0.2) is 30.3 Å². The third-order valence-corrected chi connectivity index (χ3v) is 6.97. The number of hydrogen-bond donors (Lipinski definition) is 0. The van der Waals surface area contributed by atoms with Crippen LogP contribution in [0.3, 0.4) is 0 Å². The number of imide groups is 1. The van der Waals surface area contributed by atoms with Crippen molar-refractivity contribution in [1.29, 1.82) is 0 Å². The molecule has 2 atom stereocenters. The molecule has 0 N–H and O–H groups in total. The van der Waals surface area contributed by atoms with Crippen LogP contribution in [0.4, 0.5) is 0 Å². The van der Waals surface area contributed by atoms with E-state index in [4.69, 9.17) is 18.9 Å². The van der Waals surface area contributed by atoms with Crippen molar-refractivity contribution in [3.63, 3.8) is 0 Å². The van der Waals surface area contributed by atoms with Crippen LogP contribution in [0.25, 0.3) is 0 Å². The van der Waals surface area contributed by atoms with Crippen LogP contribution in [0, 0.1) is 6.92 Å². The molecule has 2 aromatic rings. The van der Waals surface area contributed by atoms with E-state index in [0.29, 0.717) is 33.8 Å². The number of fused-ring (bicyclic) bond motifs is 4. The molecule has 2 aromatic carbocycles. The smallest absolute Gasteiger partial charge is 0.338 e. The zero-order valence-electron chi connectivity index (χ0n) is 22.2. The van der Waals surface area contributed by atoms with Gasteiger partial charge in [-0.05, 0) is 19.1 Å². The maximum atomic E-state index is 13.5. The maximum Gasteiger partial charge on any atom is 0.338 e. The first-order valence-electron chi connectivity index (χ1n) is 12.5. The molecule has 3 aliphatic heterocycles. The van der Waals surface area contributed by atoms with Crippen molar-refractivity contribution in [2.45, 2.75) is 58.9 Å². The van der Waals surface area contributed by atoms with Crippen molar-refractivity contribution in [2.24, 2.45) is 0 Å². The van der Waals surface area contributed by atoms with Crippen molar-refractivity contribution in [3.05, 3.63) is 52.6 Å². The van der Waals surface area contributed by atoms with Gasteiger partial charge in [0.25, 0.3) is 5.91 Å². The molecule has 5 rings (SSSR count). The number of carbonyl (C=O) groups is 5. The molecule has 1 fully saturated rings. The summed E-state index contributed by atoms with van der Waals surface area (Å²) in [6.45, 7) is 6.79. The van der Waals surface area contributed by atoms with Gasteiger partial charge in [-0.25, -0.2) is 4.79 Å². The SMILES string of the molecule is CC(=O)Oc1c(C)c2c(c3c1[C@H](COC(=O)c1ccccc1)N1C(=O)CN(C(C)=O)C(=O)[C@H]1C3)OC(C)(C)O2. The summed E-state index contributed by atoms with van der Waals surface area (Å²) in [7, 11) is 0. The second kappa shape index (κ2) is 9.40. The summed E-state index contributed by atoms with van der Waals surface area (Å²) in [4.78, 5) is 66.4. The van der Waals surface area contributed by atoms with Crippen LogP contribution in [0.1, 0.15) is 60.8 Å². The molecule has 0 aromatic heterocycles. The highest BCUT2D eigenvalue weighted by Gasteiger charge is 2.52. The van der Waals surface area contributed by atoms with Crippen LogP contribution in [0.5, 0.6) is 17.2 Å². The Morgan fingerprint density at radius 3 is 2.36 bits per heavy atom. The first-order valence-corrected chi connectivity index (χ1v) is 12.5. The van der Waals surface area contributed by atoms with E-state index in [1.54, 1.807) is 51.1 Å². The largest absolute Gasteiger partial charge is 0.460 e. The fourth-order valence-corrected chi connectivity index (χ4v) is 5.36. The fraction of sp³-hybridized carbons (Fsp3) is 0.393. The molecule has 0 bridgehead atoms. The molecule has 204 valence electrons. The second-order valence-electron chi connectivity index (χ2n) is 10.1. The molecule has 3 amide bonds. The molecule has 1 saturated heterocycles. The number of amides is 3. The Labute approximate surface area is 224 Å². The molecular formula is C28H28N2O9. The third kappa shape index (κ3) is 4.47. The van der Waals surface area contributed by atoms with Crippen molar-refractivity contribution >= 4 is 29.7 Å². The molecule has 0 spiro atoms. The van der Waals surface area contributed by atoms with Gasteiger partial charge in [-0.3, -0.25) is 24.1 Å². The molecule has 3 heterocycles. The quantitative estimate of drug-likeness (QED) is 0.427. The van der Waals surface area contributed by atoms with E-state index >= 15 is 0 Å². The van der Waals surface area contributed by atoms with Crippen LogP contribution in [0.2, 0.25) is 0 Å². The van der Waals surface area contributed by atoms with Crippen LogP contribution < -0.4 is 14.2 Å². The fourth-order valence-electron chi connectivity index (χ4n) is 5.36. The number of nitrogens with zero attached hydrogens (tertiary/aromatic N) is 2. The van der Waals surface area contributed by atoms with Crippen molar-refractivity contribution in [2.75, 3.05) is 13.2 Å². The summed E-state index contributed by atoms with van der Waals surface area (Å²) in [5.74, 6) is -3.08. The highest BCUT2D eigenvalue weighted by Crippen LogP contribution is 2.55. The van der Waals surface area contributed by atoms with Crippen LogP contribution in [-0.2, 0) is 30.3 Å². The first-order chi connectivity index (χ1) is 18.4. The normalized spacial score (nSPS) is 20.7. The summed E-state index contributed by atoms with van der Waals surface area (Å²) in [6, 6.07) is 6.24. The van der Waals surface area contributed by atoms with Crippen LogP contribution in [-0.4, -0.2) is 64.4 Å². The molecule has 0 radical (unpaired) electrons. The average molecular weight is 537 g/mol. The van der Waals surface area contributed by atoms with Gasteiger partial charge in [0.1, 0.15) is 24.9 Å². The van der Waals surface area contributed by atoms with Crippen molar-refractivity contribution in [3.8, 4) is 17.2 Å². The van der Waals surface area contributed by atoms with Gasteiger partial charge < -0.3 is 23.8 Å². The molecule has 39 heavy (non-hydrogen) atoms. The van der Waals surface area contributed by atoms with E-state index in [1.807, 2.05) is 0 Å². The Morgan fingerprint density at radius 1 is 1.05 bits per heavy atom. The van der Waals surface area contributed by atoms with Gasteiger partial charge in [-0.2, -0.15) is 0 Å². The molecule has 0 unspecified atom stereocenters. The molecule has 0 saturated carbocycles. The summed E-state index contributed by atoms with van der Waals surface area (Å²) in [5.41, 5.74) is 1.63. The summed E-state index contributed by atoms with van der Waals surface area (Å²) >= 11 is 0. The van der Waals surface area contributed by atoms with Gasteiger partial charge in [-0.1, -0.05) is 18.2 Å². The standard InChI is InChI=1S/C28H28N2O9/c1-14-23(37-16(3)32)22-18(25-24(14)38-28(4,5)39-25)11-19-26(34)29(15(2)31)12-21(33)30(19)20(22)13-36-27(35)17-9-7-6-8-10-17/h6-10,19-20H,11-13H2,1-5H3/t19-,20+/m1/s1. The van der Waals surface area contributed by atoms with Crippen molar-refractivity contribution in [1.82, 2.24) is 9.80 Å². The number of benzene rings is 2. The van der Waals surface area contributed by atoms with E-state index < -0.39 is 54.1 Å². The average Bonchev–Trinajstić information content (AvgIpc) is 3.22. The van der Waals surface area contributed by atoms with Gasteiger partial charge in [0.2, 0.25) is 17.6 Å². The van der Waals surface area contributed by atoms with E-state index in [1.165, 1.54) is 18.7 Å². The summed E-state index contributed by atoms with van der Waals surface area (Å²) in [5, 5.41) is 0. The Morgan fingerprint density at radius 2 is 1.72 bits per heavy atom. The minimum absolute atomic E-state index is 0.0247. The Bertz CT molecular complexity index is 1420. The number of ether oxygens (including phenoxy) is 4. The molecule has 3 aliphatic rings. The first kappa shape index (κ1) is 26.2. The number of rotatable bonds is 4. The Kier molecular flexibility index (Phi) is 6.32. The van der Waals surface area contributed by atoms with Gasteiger partial charge in [0.15, 0.2) is 11.5 Å². The van der Waals surface area contributed by atoms with Crippen LogP contribution >= 0.6 is 0 Å². The highest BCUT2D eigenvalue weighted by atomic mass is 16.7. The second-order valence-corrected chi connectivity index (χ2v) is 10.1. The lowest BCUT2D eigenvalue weighted by Gasteiger charge is -2.47. The van der Waals surface area contributed by atoms with E-state index in [2.05, 4.69) is 0 Å². The molecule has 11 heteroatoms. The maximum absolute atomic E-state index is 13.5. The minimum atomic E-state index is -1.08. The summed E-state index contributed by atoms with van der Waals surface area (Å²) < 4.78 is 23.5. The third-order valence-electron chi connectivity index (χ3n) is 6.97. The van der Waals surface area contributed by atoms with Gasteiger partial charge in [0.05, 0.1) is 11.6 Å². The predicted molar refractivity (Wildman–Crippen MR) is 134 cm³/mol. The lowest BCUT2D eigenvalue weighted by Crippen LogP contribution is -2.64. The Hall–Kier alpha value is -4.41. The van der Waals surface area contributed by atoms with Crippen molar-refractivity contribution < 1.29 is 42.9 Å². The van der Waals surface area contributed by atoms with E-state index in [9.17, 15) is 24.0 Å². The van der Waals surface area contributed by atoms with Gasteiger partial charge in [-0.15, -0.1) is 0 Å².